The topological polar surface area (TPSA) is 263 Å². The van der Waals surface area contributed by atoms with Crippen LogP contribution in [0.15, 0.2) is 73.8 Å². The maximum absolute atomic E-state index is 17.2. The normalized spacial score (nSPS) is 29.5. The molecule has 0 amide bonds. The van der Waals surface area contributed by atoms with Gasteiger partial charge in [0, 0.05) is 34.8 Å². The van der Waals surface area contributed by atoms with Crippen LogP contribution >= 0.6 is 36.4 Å². The van der Waals surface area contributed by atoms with E-state index < -0.39 is 85.9 Å². The molecule has 2 aromatic carbocycles. The lowest BCUT2D eigenvalue weighted by atomic mass is 10.1. The van der Waals surface area contributed by atoms with Crippen LogP contribution in [0.25, 0.3) is 22.3 Å². The monoisotopic (exact) mass is 976 g/mol. The zero-order chi connectivity index (χ0) is 45.6. The van der Waals surface area contributed by atoms with Gasteiger partial charge in [-0.25, -0.2) is 47.8 Å². The van der Waals surface area contributed by atoms with Crippen LogP contribution in [-0.2, 0) is 54.6 Å². The molecule has 0 N–H and O–H groups in total. The number of imidazole rings is 2. The lowest BCUT2D eigenvalue weighted by molar-refractivity contribution is -0.385. The van der Waals surface area contributed by atoms with Crippen molar-refractivity contribution in [1.29, 1.82) is 0 Å². The average Bonchev–Trinajstić information content (AvgIpc) is 4.07. The summed E-state index contributed by atoms with van der Waals surface area (Å²) in [5, 5.41) is 23.9. The van der Waals surface area contributed by atoms with Crippen molar-refractivity contribution >= 4 is 70.1 Å². The van der Waals surface area contributed by atoms with Gasteiger partial charge in [-0.05, 0) is 36.1 Å². The van der Waals surface area contributed by atoms with Crippen LogP contribution < -0.4 is 0 Å². The van der Waals surface area contributed by atoms with Crippen LogP contribution in [-0.4, -0.2) is 98.9 Å². The predicted octanol–water partition coefficient (Wildman–Crippen LogP) is 7.72. The van der Waals surface area contributed by atoms with E-state index in [0.717, 1.165) is 0 Å². The SMILES string of the molecule is CCc1ncnc2c1ncn2[C@@H]1O[C@@H]2COP(=O)(SCc3ccccc3[N+](=O)[O-])O[C@H]3[C@@H](F)[C@H](n4cnc5c(C)ncnc54)O[C@@H]3COP(=O)(SCc3ccccc3[N+](=O)[O-])O[C@H]2[C@H]1F. The van der Waals surface area contributed by atoms with Crippen LogP contribution in [0.3, 0.4) is 0 Å². The fourth-order valence-electron chi connectivity index (χ4n) is 7.60. The van der Waals surface area contributed by atoms with Crippen molar-refractivity contribution in [1.82, 2.24) is 39.0 Å². The summed E-state index contributed by atoms with van der Waals surface area (Å²) in [7, 11) is 0. The van der Waals surface area contributed by atoms with E-state index in [1.807, 2.05) is 6.92 Å². The number of rotatable bonds is 11. The van der Waals surface area contributed by atoms with Crippen LogP contribution in [0.4, 0.5) is 20.2 Å². The fraction of sp³-hybridized carbons (Fsp3) is 0.405. The molecule has 0 spiro atoms. The van der Waals surface area contributed by atoms with Crippen molar-refractivity contribution in [2.45, 2.75) is 81.0 Å². The molecule has 2 unspecified atom stereocenters. The lowest BCUT2D eigenvalue weighted by Crippen LogP contribution is -2.37. The zero-order valence-electron chi connectivity index (χ0n) is 33.9. The van der Waals surface area contributed by atoms with Gasteiger partial charge in [0.05, 0.1) is 47.1 Å². The number of nitro benzene ring substituents is 2. The fourth-order valence-corrected chi connectivity index (χ4v) is 14.4. The molecule has 0 saturated carbocycles. The van der Waals surface area contributed by atoms with Crippen molar-refractivity contribution in [3.05, 3.63) is 117 Å². The van der Waals surface area contributed by atoms with E-state index in [-0.39, 0.29) is 45.3 Å². The summed E-state index contributed by atoms with van der Waals surface area (Å²) in [5.74, 6) is -0.659. The van der Waals surface area contributed by atoms with E-state index in [1.54, 1.807) is 19.1 Å². The number of benzene rings is 2. The quantitative estimate of drug-likeness (QED) is 0.0683. The number of aromatic nitrogens is 8. The maximum atomic E-state index is 17.2. The van der Waals surface area contributed by atoms with Gasteiger partial charge < -0.3 is 9.47 Å². The van der Waals surface area contributed by atoms with Gasteiger partial charge in [0.2, 0.25) is 0 Å². The molecule has 3 saturated heterocycles. The number of nitrogens with zero attached hydrogens (tertiary/aromatic N) is 10. The Labute approximate surface area is 374 Å². The highest BCUT2D eigenvalue weighted by Crippen LogP contribution is 2.67. The van der Waals surface area contributed by atoms with Crippen molar-refractivity contribution in [3.63, 3.8) is 0 Å². The number of aryl methyl sites for hydroxylation is 2. The van der Waals surface area contributed by atoms with Gasteiger partial charge in [-0.15, -0.1) is 0 Å². The van der Waals surface area contributed by atoms with Crippen LogP contribution in [0, 0.1) is 27.2 Å². The van der Waals surface area contributed by atoms with Crippen LogP contribution in [0.5, 0.6) is 0 Å². The Morgan fingerprint density at radius 2 is 1.17 bits per heavy atom. The second kappa shape index (κ2) is 18.4. The molecular weight excluding hydrogens is 941 g/mol. The third-order valence-corrected chi connectivity index (χ3v) is 18.1. The molecule has 22 nitrogen and oxygen atoms in total. The number of nitro groups is 2. The Morgan fingerprint density at radius 1 is 0.708 bits per heavy atom. The van der Waals surface area contributed by atoms with Gasteiger partial charge in [-0.2, -0.15) is 0 Å². The van der Waals surface area contributed by atoms with Crippen molar-refractivity contribution < 1.29 is 55.3 Å². The number of halogens is 2. The van der Waals surface area contributed by atoms with Gasteiger partial charge in [0.1, 0.15) is 48.1 Å². The largest absolute Gasteiger partial charge is 0.390 e. The Morgan fingerprint density at radius 3 is 1.66 bits per heavy atom. The van der Waals surface area contributed by atoms with E-state index in [1.165, 1.54) is 70.8 Å². The average molecular weight is 977 g/mol. The third kappa shape index (κ3) is 8.91. The van der Waals surface area contributed by atoms with E-state index in [4.69, 9.17) is 27.6 Å². The number of para-hydroxylation sites is 2. The predicted molar refractivity (Wildman–Crippen MR) is 228 cm³/mol. The lowest BCUT2D eigenvalue weighted by Gasteiger charge is -2.30. The number of fused-ring (bicyclic) bond motifs is 4. The molecule has 3 fully saturated rings. The molecule has 6 aromatic rings. The van der Waals surface area contributed by atoms with E-state index in [9.17, 15) is 20.2 Å². The number of hydrogen-bond acceptors (Lipinski definition) is 20. The number of alkyl halides is 2. The second-order valence-electron chi connectivity index (χ2n) is 14.7. The summed E-state index contributed by atoms with van der Waals surface area (Å²) >= 11 is 1.01. The van der Waals surface area contributed by atoms with E-state index in [0.29, 0.717) is 51.6 Å². The Bertz CT molecular complexity index is 2880. The minimum atomic E-state index is -4.71. The molecule has 0 radical (unpaired) electrons. The molecule has 10 atom stereocenters. The van der Waals surface area contributed by atoms with Crippen LogP contribution in [0.2, 0.25) is 0 Å². The first-order chi connectivity index (χ1) is 31.3. The first-order valence-electron chi connectivity index (χ1n) is 19.8. The molecule has 4 aromatic heterocycles. The van der Waals surface area contributed by atoms with E-state index in [2.05, 4.69) is 29.9 Å². The van der Waals surface area contributed by atoms with Crippen molar-refractivity contribution in [2.75, 3.05) is 13.2 Å². The van der Waals surface area contributed by atoms with E-state index >= 15 is 17.9 Å². The summed E-state index contributed by atoms with van der Waals surface area (Å²) in [4.78, 5) is 48.2. The second-order valence-corrected chi connectivity index (χ2v) is 22.8. The van der Waals surface area contributed by atoms with Crippen molar-refractivity contribution in [3.8, 4) is 0 Å². The summed E-state index contributed by atoms with van der Waals surface area (Å²) in [6, 6.07) is 11.4. The summed E-state index contributed by atoms with van der Waals surface area (Å²) < 4.78 is 104. The molecule has 0 aliphatic carbocycles. The van der Waals surface area contributed by atoms with Gasteiger partial charge in [0.15, 0.2) is 36.1 Å². The Hall–Kier alpha value is -4.88. The Kier molecular flexibility index (Phi) is 12.8. The van der Waals surface area contributed by atoms with Gasteiger partial charge in [0.25, 0.3) is 11.4 Å². The minimum Gasteiger partial charge on any atom is -0.346 e. The zero-order valence-corrected chi connectivity index (χ0v) is 37.3. The maximum Gasteiger partial charge on any atom is 0.390 e. The highest BCUT2D eigenvalue weighted by atomic mass is 32.7. The van der Waals surface area contributed by atoms with Gasteiger partial charge >= 0.3 is 13.6 Å². The summed E-state index contributed by atoms with van der Waals surface area (Å²) in [6.07, 6.45) is -8.65. The summed E-state index contributed by atoms with van der Waals surface area (Å²) in [6.45, 7) is -7.49. The standard InChI is InChI=1S/C37H36F2N10O12P2S2/c1-3-23-31-35(43-17-41-23)47(19-45-31)37-29(39)33-27(59-37)13-57-62(54,64-14-21-8-4-6-10-24(21)48(50)51)60-32-26(58-36(28(32)38)46-18-44-30-20(2)40-16-42-34(30)46)12-56-63(55,61-33)65-15-22-9-5-7-11-25(22)49(52)53/h4-11,16-19,26-29,32-33,36-37H,3,12-15H2,1-2H3/t26-,27-,28-,29-,32-,33-,36-,37-,62?,63?/m1/s1. The number of hydrogen-bond donors (Lipinski definition) is 0. The third-order valence-electron chi connectivity index (χ3n) is 10.8. The molecule has 65 heavy (non-hydrogen) atoms. The Balaban J connectivity index is 1.10. The smallest absolute Gasteiger partial charge is 0.346 e. The van der Waals surface area contributed by atoms with Crippen LogP contribution in [0.1, 0.15) is 41.9 Å². The molecule has 3 aliphatic rings. The molecule has 3 aliphatic heterocycles. The van der Waals surface area contributed by atoms with Gasteiger partial charge in [-0.1, -0.05) is 43.3 Å². The van der Waals surface area contributed by atoms with Gasteiger partial charge in [-0.3, -0.25) is 47.5 Å². The minimum absolute atomic E-state index is 0.132. The highest BCUT2D eigenvalue weighted by molar-refractivity contribution is 8.55. The molecule has 7 heterocycles. The molecule has 0 bridgehead atoms. The number of ether oxygens (including phenoxy) is 2. The first-order valence-corrected chi connectivity index (χ1v) is 26.0. The first kappa shape index (κ1) is 45.3. The summed E-state index contributed by atoms with van der Waals surface area (Å²) in [5.41, 5.74) is 1.79. The highest BCUT2D eigenvalue weighted by Gasteiger charge is 2.55. The molecule has 342 valence electrons. The molecule has 28 heteroatoms. The molecule has 9 rings (SSSR count). The molecular formula is C37H36F2N10O12P2S2. The van der Waals surface area contributed by atoms with Crippen molar-refractivity contribution in [2.24, 2.45) is 0 Å².